The van der Waals surface area contributed by atoms with Gasteiger partial charge in [0.25, 0.3) is 0 Å². The Kier molecular flexibility index (Phi) is 3.10. The molecule has 1 aliphatic heterocycles. The van der Waals surface area contributed by atoms with Gasteiger partial charge in [0.1, 0.15) is 5.92 Å². The fourth-order valence-electron chi connectivity index (χ4n) is 1.55. The summed E-state index contributed by atoms with van der Waals surface area (Å²) in [5.74, 6) is -0.770. The zero-order chi connectivity index (χ0) is 11.4. The number of benzene rings is 1. The van der Waals surface area contributed by atoms with Crippen LogP contribution in [0, 0.1) is 5.92 Å². The number of carbonyl (C=O) groups excluding carboxylic acids is 1. The highest BCUT2D eigenvalue weighted by Gasteiger charge is 2.28. The topological polar surface area (TPSA) is 51.0 Å². The Morgan fingerprint density at radius 2 is 2.12 bits per heavy atom. The minimum absolute atomic E-state index is 0.300. The number of ether oxygens (including phenoxy) is 1. The van der Waals surface area contributed by atoms with E-state index in [1.165, 1.54) is 6.21 Å². The van der Waals surface area contributed by atoms with Crippen LogP contribution in [-0.4, -0.2) is 24.5 Å². The van der Waals surface area contributed by atoms with Crippen LogP contribution in [0.1, 0.15) is 12.5 Å². The largest absolute Gasteiger partial charge is 0.465 e. The third-order valence-electron chi connectivity index (χ3n) is 2.29. The van der Waals surface area contributed by atoms with E-state index in [1.807, 2.05) is 30.3 Å². The maximum Gasteiger partial charge on any atom is 0.320 e. The van der Waals surface area contributed by atoms with Crippen molar-refractivity contribution in [3.63, 3.8) is 0 Å². The smallest absolute Gasteiger partial charge is 0.320 e. The van der Waals surface area contributed by atoms with Gasteiger partial charge >= 0.3 is 5.97 Å². The lowest BCUT2D eigenvalue weighted by Crippen LogP contribution is -2.25. The molecule has 0 unspecified atom stereocenters. The Morgan fingerprint density at radius 3 is 2.81 bits per heavy atom. The fraction of sp³-hybridized carbons (Fsp3) is 0.250. The Hall–Kier alpha value is -1.97. The Bertz CT molecular complexity index is 438. The zero-order valence-electron chi connectivity index (χ0n) is 8.96. The molecule has 0 amide bonds. The van der Waals surface area contributed by atoms with Crippen LogP contribution in [0.3, 0.4) is 0 Å². The highest BCUT2D eigenvalue weighted by atomic mass is 16.5. The molecule has 1 aromatic carbocycles. The molecular weight excluding hydrogens is 204 g/mol. The molecule has 0 bridgehead atoms. The minimum atomic E-state index is -0.470. The number of rotatable bonds is 3. The lowest BCUT2D eigenvalue weighted by Gasteiger charge is -2.09. The second-order valence-corrected chi connectivity index (χ2v) is 3.35. The van der Waals surface area contributed by atoms with E-state index in [2.05, 4.69) is 10.2 Å². The molecule has 82 valence electrons. The van der Waals surface area contributed by atoms with Crippen LogP contribution in [0.2, 0.25) is 0 Å². The predicted molar refractivity (Wildman–Crippen MR) is 61.6 cm³/mol. The summed E-state index contributed by atoms with van der Waals surface area (Å²) in [5, 5.41) is 7.76. The van der Waals surface area contributed by atoms with Gasteiger partial charge in [0.15, 0.2) is 0 Å². The van der Waals surface area contributed by atoms with E-state index in [-0.39, 0.29) is 5.97 Å². The summed E-state index contributed by atoms with van der Waals surface area (Å²) in [6, 6.07) is 9.52. The van der Waals surface area contributed by atoms with E-state index < -0.39 is 5.92 Å². The molecule has 0 aliphatic carbocycles. The second kappa shape index (κ2) is 4.70. The quantitative estimate of drug-likeness (QED) is 0.721. The normalized spacial score (nSPS) is 18.3. The molecule has 0 aromatic heterocycles. The summed E-state index contributed by atoms with van der Waals surface area (Å²) in [6.07, 6.45) is 1.51. The van der Waals surface area contributed by atoms with E-state index in [1.54, 1.807) is 6.92 Å². The fourth-order valence-corrected chi connectivity index (χ4v) is 1.55. The molecule has 0 N–H and O–H groups in total. The van der Waals surface area contributed by atoms with Crippen molar-refractivity contribution >= 4 is 17.9 Å². The van der Waals surface area contributed by atoms with Crippen molar-refractivity contribution in [2.45, 2.75) is 6.92 Å². The van der Waals surface area contributed by atoms with E-state index in [4.69, 9.17) is 4.74 Å². The molecule has 0 radical (unpaired) electrons. The maximum absolute atomic E-state index is 11.6. The third kappa shape index (κ3) is 2.00. The summed E-state index contributed by atoms with van der Waals surface area (Å²) in [5.41, 5.74) is 1.55. The van der Waals surface area contributed by atoms with Gasteiger partial charge < -0.3 is 4.74 Å². The molecule has 0 fully saturated rings. The van der Waals surface area contributed by atoms with E-state index in [9.17, 15) is 4.79 Å². The van der Waals surface area contributed by atoms with Gasteiger partial charge in [0, 0.05) is 6.21 Å². The van der Waals surface area contributed by atoms with Gasteiger partial charge in [-0.15, -0.1) is 0 Å². The first kappa shape index (κ1) is 10.5. The zero-order valence-corrected chi connectivity index (χ0v) is 8.96. The standard InChI is InChI=1S/C12H12N2O2/c1-2-16-12(15)10-8-13-14-11(10)9-6-4-3-5-7-9/h3-8,10H,2H2,1H3/t10-/m1/s1. The highest BCUT2D eigenvalue weighted by Crippen LogP contribution is 2.15. The lowest BCUT2D eigenvalue weighted by atomic mass is 9.98. The number of esters is 1. The average Bonchev–Trinajstić information content (AvgIpc) is 2.79. The molecule has 1 heterocycles. The molecule has 0 saturated heterocycles. The average molecular weight is 216 g/mol. The first-order valence-corrected chi connectivity index (χ1v) is 5.16. The van der Waals surface area contributed by atoms with Crippen LogP contribution in [0.4, 0.5) is 0 Å². The van der Waals surface area contributed by atoms with Crippen molar-refractivity contribution in [2.75, 3.05) is 6.61 Å². The van der Waals surface area contributed by atoms with Crippen LogP contribution in [0.25, 0.3) is 0 Å². The van der Waals surface area contributed by atoms with E-state index >= 15 is 0 Å². The molecule has 0 saturated carbocycles. The molecule has 16 heavy (non-hydrogen) atoms. The van der Waals surface area contributed by atoms with Crippen LogP contribution in [0.15, 0.2) is 40.5 Å². The molecule has 1 aromatic rings. The molecular formula is C12H12N2O2. The van der Waals surface area contributed by atoms with E-state index in [0.29, 0.717) is 12.3 Å². The van der Waals surface area contributed by atoms with Crippen molar-refractivity contribution in [3.05, 3.63) is 35.9 Å². The Balaban J connectivity index is 2.21. The Morgan fingerprint density at radius 1 is 1.38 bits per heavy atom. The van der Waals surface area contributed by atoms with Gasteiger partial charge in [-0.2, -0.15) is 10.2 Å². The summed E-state index contributed by atoms with van der Waals surface area (Å²) in [4.78, 5) is 11.6. The summed E-state index contributed by atoms with van der Waals surface area (Å²) in [6.45, 7) is 2.15. The number of nitrogens with zero attached hydrogens (tertiary/aromatic N) is 2. The van der Waals surface area contributed by atoms with Crippen molar-refractivity contribution < 1.29 is 9.53 Å². The predicted octanol–water partition coefficient (Wildman–Crippen LogP) is 1.65. The summed E-state index contributed by atoms with van der Waals surface area (Å²) >= 11 is 0. The van der Waals surface area contributed by atoms with Crippen molar-refractivity contribution in [2.24, 2.45) is 16.1 Å². The van der Waals surface area contributed by atoms with Crippen molar-refractivity contribution in [1.29, 1.82) is 0 Å². The van der Waals surface area contributed by atoms with Gasteiger partial charge in [-0.1, -0.05) is 30.3 Å². The number of hydrogen-bond donors (Lipinski definition) is 0. The van der Waals surface area contributed by atoms with Crippen molar-refractivity contribution in [3.8, 4) is 0 Å². The number of hydrogen-bond acceptors (Lipinski definition) is 4. The lowest BCUT2D eigenvalue weighted by molar-refractivity contribution is -0.143. The third-order valence-corrected chi connectivity index (χ3v) is 2.29. The summed E-state index contributed by atoms with van der Waals surface area (Å²) < 4.78 is 4.97. The van der Waals surface area contributed by atoms with Crippen LogP contribution < -0.4 is 0 Å². The highest BCUT2D eigenvalue weighted by molar-refractivity contribution is 6.22. The SMILES string of the molecule is CCOC(=O)[C@@H]1C=NN=C1c1ccccc1. The second-order valence-electron chi connectivity index (χ2n) is 3.35. The number of carbonyl (C=O) groups is 1. The first-order chi connectivity index (χ1) is 7.83. The minimum Gasteiger partial charge on any atom is -0.465 e. The van der Waals surface area contributed by atoms with Crippen LogP contribution in [-0.2, 0) is 9.53 Å². The van der Waals surface area contributed by atoms with Gasteiger partial charge in [-0.25, -0.2) is 0 Å². The van der Waals surface area contributed by atoms with Gasteiger partial charge in [-0.05, 0) is 12.5 Å². The first-order valence-electron chi connectivity index (χ1n) is 5.16. The van der Waals surface area contributed by atoms with Crippen molar-refractivity contribution in [1.82, 2.24) is 0 Å². The Labute approximate surface area is 93.7 Å². The van der Waals surface area contributed by atoms with Gasteiger partial charge in [0.2, 0.25) is 0 Å². The van der Waals surface area contributed by atoms with Crippen LogP contribution >= 0.6 is 0 Å². The molecule has 4 nitrogen and oxygen atoms in total. The molecule has 1 aliphatic rings. The molecule has 1 atom stereocenters. The van der Waals surface area contributed by atoms with Gasteiger partial charge in [0.05, 0.1) is 12.3 Å². The molecule has 2 rings (SSSR count). The molecule has 0 spiro atoms. The maximum atomic E-state index is 11.6. The summed E-state index contributed by atoms with van der Waals surface area (Å²) in [7, 11) is 0. The monoisotopic (exact) mass is 216 g/mol. The van der Waals surface area contributed by atoms with E-state index in [0.717, 1.165) is 5.56 Å². The van der Waals surface area contributed by atoms with Gasteiger partial charge in [-0.3, -0.25) is 4.79 Å². The van der Waals surface area contributed by atoms with Crippen LogP contribution in [0.5, 0.6) is 0 Å². The molecule has 4 heteroatoms.